The molecule has 12 heteroatoms. The number of benzene rings is 2. The molecule has 0 saturated heterocycles. The highest BCUT2D eigenvalue weighted by Crippen LogP contribution is 2.30. The fourth-order valence-electron chi connectivity index (χ4n) is 4.55. The smallest absolute Gasteiger partial charge is 0.264 e. The second-order valence-corrected chi connectivity index (χ2v) is 9.46. The molecular weight excluding hydrogens is 522 g/mol. The standard InChI is InChI=1S/C29H29N9O3/c1-3-4-9-25-24(28(40)38(18(2)33-25)29-31-15-21(16-32-29)41-17-26(30)39)14-19-10-12-20(13-11-19)22-7-5-6-8-23(22)27-34-36-37-35-27/h5-8,10-13,15-16H,3-4,9,14,17H2,1-2H3,(H2,30,39)(H,34,35,36,37). The molecule has 2 aromatic carbocycles. The summed E-state index contributed by atoms with van der Waals surface area (Å²) >= 11 is 0. The molecule has 3 N–H and O–H groups in total. The zero-order valence-corrected chi connectivity index (χ0v) is 22.7. The summed E-state index contributed by atoms with van der Waals surface area (Å²) in [4.78, 5) is 38.2. The van der Waals surface area contributed by atoms with Gasteiger partial charge in [-0.25, -0.2) is 19.5 Å². The lowest BCUT2D eigenvalue weighted by Crippen LogP contribution is -2.29. The number of amides is 1. The number of tetrazole rings is 1. The third-order valence-corrected chi connectivity index (χ3v) is 6.55. The van der Waals surface area contributed by atoms with E-state index in [0.717, 1.165) is 40.8 Å². The number of nitrogens with two attached hydrogens (primary N) is 1. The Morgan fingerprint density at radius 1 is 1.05 bits per heavy atom. The summed E-state index contributed by atoms with van der Waals surface area (Å²) in [6, 6.07) is 15.9. The van der Waals surface area contributed by atoms with E-state index in [4.69, 9.17) is 15.5 Å². The van der Waals surface area contributed by atoms with Crippen LogP contribution in [0.1, 0.15) is 42.4 Å². The number of carbonyl (C=O) groups is 1. The average Bonchev–Trinajstić information content (AvgIpc) is 3.53. The Morgan fingerprint density at radius 2 is 1.78 bits per heavy atom. The fraction of sp³-hybridized carbons (Fsp3) is 0.241. The third-order valence-electron chi connectivity index (χ3n) is 6.55. The molecule has 5 aromatic rings. The van der Waals surface area contributed by atoms with Gasteiger partial charge in [-0.3, -0.25) is 9.59 Å². The van der Waals surface area contributed by atoms with Gasteiger partial charge in [0.25, 0.3) is 11.5 Å². The minimum absolute atomic E-state index is 0.170. The van der Waals surface area contributed by atoms with Crippen LogP contribution < -0.4 is 16.0 Å². The van der Waals surface area contributed by atoms with E-state index in [1.165, 1.54) is 17.0 Å². The van der Waals surface area contributed by atoms with Crippen LogP contribution in [0.5, 0.6) is 5.75 Å². The van der Waals surface area contributed by atoms with E-state index < -0.39 is 5.91 Å². The van der Waals surface area contributed by atoms with Crippen LogP contribution in [0.25, 0.3) is 28.5 Å². The first-order chi connectivity index (χ1) is 19.9. The summed E-state index contributed by atoms with van der Waals surface area (Å²) < 4.78 is 6.64. The largest absolute Gasteiger partial charge is 0.481 e. The maximum atomic E-state index is 13.9. The first kappa shape index (κ1) is 27.3. The van der Waals surface area contributed by atoms with Gasteiger partial charge in [-0.2, -0.15) is 5.21 Å². The fourth-order valence-corrected chi connectivity index (χ4v) is 4.55. The highest BCUT2D eigenvalue weighted by Gasteiger charge is 2.18. The predicted octanol–water partition coefficient (Wildman–Crippen LogP) is 2.98. The highest BCUT2D eigenvalue weighted by atomic mass is 16.5. The second kappa shape index (κ2) is 12.3. The van der Waals surface area contributed by atoms with Crippen LogP contribution in [0.2, 0.25) is 0 Å². The van der Waals surface area contributed by atoms with Gasteiger partial charge < -0.3 is 10.5 Å². The normalized spacial score (nSPS) is 11.0. The van der Waals surface area contributed by atoms with Crippen LogP contribution in [0, 0.1) is 6.92 Å². The molecule has 0 bridgehead atoms. The van der Waals surface area contributed by atoms with Gasteiger partial charge in [-0.15, -0.1) is 10.2 Å². The summed E-state index contributed by atoms with van der Waals surface area (Å²) in [5.41, 5.74) is 10.1. The predicted molar refractivity (Wildman–Crippen MR) is 151 cm³/mol. The summed E-state index contributed by atoms with van der Waals surface area (Å²) in [6.45, 7) is 3.58. The van der Waals surface area contributed by atoms with Crippen LogP contribution in [0.3, 0.4) is 0 Å². The van der Waals surface area contributed by atoms with E-state index >= 15 is 0 Å². The number of aromatic nitrogens is 8. The van der Waals surface area contributed by atoms with Gasteiger partial charge in [-0.05, 0) is 41.7 Å². The Kier molecular flexibility index (Phi) is 8.18. The number of hydrogen-bond donors (Lipinski definition) is 2. The number of H-pyrrole nitrogens is 1. The number of nitrogens with zero attached hydrogens (tertiary/aromatic N) is 7. The van der Waals surface area contributed by atoms with Crippen molar-refractivity contribution >= 4 is 5.91 Å². The summed E-state index contributed by atoms with van der Waals surface area (Å²) in [5.74, 6) is 0.840. The van der Waals surface area contributed by atoms with Crippen LogP contribution in [0.4, 0.5) is 0 Å². The van der Waals surface area contributed by atoms with Crippen molar-refractivity contribution in [2.45, 2.75) is 39.5 Å². The number of carbonyl (C=O) groups excluding carboxylic acids is 1. The Labute approximate surface area is 235 Å². The van der Waals surface area contributed by atoms with Crippen molar-refractivity contribution in [1.82, 2.24) is 40.1 Å². The molecule has 208 valence electrons. The monoisotopic (exact) mass is 551 g/mol. The topological polar surface area (TPSA) is 167 Å². The molecule has 0 saturated carbocycles. The van der Waals surface area contributed by atoms with E-state index in [2.05, 4.69) is 37.5 Å². The Morgan fingerprint density at radius 3 is 2.44 bits per heavy atom. The lowest BCUT2D eigenvalue weighted by atomic mass is 9.96. The van der Waals surface area contributed by atoms with Gasteiger partial charge in [0.05, 0.1) is 18.1 Å². The lowest BCUT2D eigenvalue weighted by molar-refractivity contribution is -0.119. The molecule has 3 aromatic heterocycles. The van der Waals surface area contributed by atoms with E-state index in [1.54, 1.807) is 6.92 Å². The molecule has 0 unspecified atom stereocenters. The van der Waals surface area contributed by atoms with Crippen LogP contribution in [0.15, 0.2) is 65.7 Å². The number of nitrogens with one attached hydrogen (secondary N) is 1. The van der Waals surface area contributed by atoms with Gasteiger partial charge in [0.1, 0.15) is 5.82 Å². The van der Waals surface area contributed by atoms with Gasteiger partial charge >= 0.3 is 0 Å². The highest BCUT2D eigenvalue weighted by molar-refractivity contribution is 5.80. The lowest BCUT2D eigenvalue weighted by Gasteiger charge is -2.15. The maximum absolute atomic E-state index is 13.9. The molecule has 0 aliphatic rings. The maximum Gasteiger partial charge on any atom is 0.264 e. The van der Waals surface area contributed by atoms with Gasteiger partial charge in [-0.1, -0.05) is 61.9 Å². The average molecular weight is 552 g/mol. The second-order valence-electron chi connectivity index (χ2n) is 9.46. The Bertz CT molecular complexity index is 1700. The first-order valence-electron chi connectivity index (χ1n) is 13.2. The summed E-state index contributed by atoms with van der Waals surface area (Å²) in [6.07, 6.45) is 5.78. The van der Waals surface area contributed by atoms with Crippen LogP contribution in [-0.2, 0) is 17.6 Å². The van der Waals surface area contributed by atoms with Crippen LogP contribution in [-0.4, -0.2) is 52.7 Å². The number of aromatic amines is 1. The molecule has 0 radical (unpaired) electrons. The van der Waals surface area contributed by atoms with Gasteiger partial charge in [0, 0.05) is 17.5 Å². The molecular formula is C29H29N9O3. The molecule has 3 heterocycles. The van der Waals surface area contributed by atoms with Crippen molar-refractivity contribution < 1.29 is 9.53 Å². The minimum Gasteiger partial charge on any atom is -0.481 e. The molecule has 0 aliphatic carbocycles. The number of rotatable bonds is 11. The zero-order valence-electron chi connectivity index (χ0n) is 22.7. The number of ether oxygens (including phenoxy) is 1. The number of aryl methyl sites for hydroxylation is 2. The third kappa shape index (κ3) is 6.16. The number of primary amides is 1. The SMILES string of the molecule is CCCCc1nc(C)n(-c2ncc(OCC(N)=O)cn2)c(=O)c1Cc1ccc(-c2ccccc2-c2nn[nH]n2)cc1. The molecule has 41 heavy (non-hydrogen) atoms. The summed E-state index contributed by atoms with van der Waals surface area (Å²) in [5, 5.41) is 14.4. The van der Waals surface area contributed by atoms with Crippen molar-refractivity contribution in [3.8, 4) is 34.2 Å². The van der Waals surface area contributed by atoms with Crippen molar-refractivity contribution in [1.29, 1.82) is 0 Å². The number of unbranched alkanes of at least 4 members (excludes halogenated alkanes) is 1. The Balaban J connectivity index is 1.47. The van der Waals surface area contributed by atoms with E-state index in [-0.39, 0.29) is 23.9 Å². The number of hydrogen-bond acceptors (Lipinski definition) is 9. The van der Waals surface area contributed by atoms with Crippen molar-refractivity contribution in [2.24, 2.45) is 5.73 Å². The molecule has 1 amide bonds. The van der Waals surface area contributed by atoms with E-state index in [0.29, 0.717) is 30.1 Å². The minimum atomic E-state index is -0.609. The van der Waals surface area contributed by atoms with Crippen LogP contribution >= 0.6 is 0 Å². The quantitative estimate of drug-likeness (QED) is 0.251. The Hall–Kier alpha value is -5.26. The molecule has 0 aliphatic heterocycles. The summed E-state index contributed by atoms with van der Waals surface area (Å²) in [7, 11) is 0. The van der Waals surface area contributed by atoms with Gasteiger partial charge in [0.2, 0.25) is 11.8 Å². The molecule has 0 fully saturated rings. The zero-order chi connectivity index (χ0) is 28.8. The molecule has 5 rings (SSSR count). The molecule has 0 atom stereocenters. The van der Waals surface area contributed by atoms with Crippen molar-refractivity contribution in [3.63, 3.8) is 0 Å². The van der Waals surface area contributed by atoms with Gasteiger partial charge in [0.15, 0.2) is 12.4 Å². The van der Waals surface area contributed by atoms with E-state index in [9.17, 15) is 9.59 Å². The van der Waals surface area contributed by atoms with Crippen molar-refractivity contribution in [2.75, 3.05) is 6.61 Å². The molecule has 0 spiro atoms. The van der Waals surface area contributed by atoms with Crippen molar-refractivity contribution in [3.05, 3.63) is 93.9 Å². The first-order valence-corrected chi connectivity index (χ1v) is 13.2. The molecule has 12 nitrogen and oxygen atoms in total. The van der Waals surface area contributed by atoms with E-state index in [1.807, 2.05) is 48.5 Å².